The van der Waals surface area contributed by atoms with Crippen LogP contribution in [0.2, 0.25) is 0 Å². The zero-order valence-corrected chi connectivity index (χ0v) is 20.1. The second kappa shape index (κ2) is 9.46. The van der Waals surface area contributed by atoms with Crippen molar-refractivity contribution in [1.29, 1.82) is 0 Å². The van der Waals surface area contributed by atoms with Crippen LogP contribution in [0.3, 0.4) is 0 Å². The van der Waals surface area contributed by atoms with Gasteiger partial charge in [0.2, 0.25) is 0 Å². The molecule has 0 spiro atoms. The topological polar surface area (TPSA) is 83.9 Å². The number of carboxylic acid groups (broad SMARTS) is 1. The van der Waals surface area contributed by atoms with Crippen molar-refractivity contribution in [2.24, 2.45) is 0 Å². The molecule has 0 bridgehead atoms. The van der Waals surface area contributed by atoms with Crippen LogP contribution in [0.5, 0.6) is 5.75 Å². The number of hydrogen-bond donors (Lipinski definition) is 1. The smallest absolute Gasteiger partial charge is 0.323 e. The number of hydrogen-bond acceptors (Lipinski definition) is 5. The summed E-state index contributed by atoms with van der Waals surface area (Å²) >= 11 is 11.0. The lowest BCUT2D eigenvalue weighted by atomic mass is 10.2. The quantitative estimate of drug-likeness (QED) is 0.427. The summed E-state index contributed by atoms with van der Waals surface area (Å²) in [7, 11) is 0. The minimum atomic E-state index is -1.24. The molecule has 150 valence electrons. The molecule has 0 atom stereocenters. The van der Waals surface area contributed by atoms with Crippen molar-refractivity contribution in [3.05, 3.63) is 65.8 Å². The fourth-order valence-electron chi connectivity index (χ4n) is 2.46. The number of halogens is 3. The molecular weight excluding hydrogens is 594 g/mol. The first-order valence-electron chi connectivity index (χ1n) is 8.08. The fraction of sp³-hybridized carbons (Fsp3) is 0.105. The van der Waals surface area contributed by atoms with Gasteiger partial charge in [-0.3, -0.25) is 19.3 Å². The normalized spacial score (nSPS) is 15.3. The predicted octanol–water partition coefficient (Wildman–Crippen LogP) is 5.67. The summed E-state index contributed by atoms with van der Waals surface area (Å²) in [6.07, 6.45) is 1.54. The van der Waals surface area contributed by atoms with E-state index in [2.05, 4.69) is 47.8 Å². The molecule has 29 heavy (non-hydrogen) atoms. The van der Waals surface area contributed by atoms with Crippen molar-refractivity contribution in [3.8, 4) is 5.75 Å². The molecule has 2 aromatic carbocycles. The molecule has 2 aromatic rings. The molecule has 0 aliphatic carbocycles. The minimum absolute atomic E-state index is 0.165. The van der Waals surface area contributed by atoms with Crippen LogP contribution in [0.1, 0.15) is 11.1 Å². The van der Waals surface area contributed by atoms with Gasteiger partial charge in [-0.1, -0.05) is 28.1 Å². The van der Waals surface area contributed by atoms with Crippen LogP contribution in [-0.2, 0) is 16.2 Å². The number of benzene rings is 2. The van der Waals surface area contributed by atoms with Crippen LogP contribution >= 0.6 is 59.6 Å². The van der Waals surface area contributed by atoms with E-state index in [1.54, 1.807) is 18.2 Å². The molecule has 3 rings (SSSR count). The van der Waals surface area contributed by atoms with E-state index in [1.165, 1.54) is 0 Å². The zero-order valence-electron chi connectivity index (χ0n) is 14.5. The Labute approximate surface area is 195 Å². The van der Waals surface area contributed by atoms with E-state index in [4.69, 9.17) is 9.84 Å². The summed E-state index contributed by atoms with van der Waals surface area (Å²) < 4.78 is 8.21. The van der Waals surface area contributed by atoms with E-state index >= 15 is 0 Å². The van der Waals surface area contributed by atoms with Crippen LogP contribution in [0.15, 0.2) is 54.7 Å². The Morgan fingerprint density at radius 3 is 2.31 bits per heavy atom. The molecule has 0 unspecified atom stereocenters. The predicted molar refractivity (Wildman–Crippen MR) is 121 cm³/mol. The zero-order chi connectivity index (χ0) is 21.1. The standard InChI is InChI=1S/C19H12Br3NO5S/c20-12-3-1-10(2-4-12)9-28-17-13(21)5-11(6-14(17)22)7-15-18(26)23(8-16(24)25)19(27)29-15/h1-7H,8-9H2,(H,24,25)/b15-7+. The summed E-state index contributed by atoms with van der Waals surface area (Å²) in [6, 6.07) is 11.3. The lowest BCUT2D eigenvalue weighted by molar-refractivity contribution is -0.140. The third-order valence-corrected chi connectivity index (χ3v) is 6.40. The Balaban J connectivity index is 1.77. The average molecular weight is 606 g/mol. The van der Waals surface area contributed by atoms with Gasteiger partial charge in [0.25, 0.3) is 11.1 Å². The van der Waals surface area contributed by atoms with Gasteiger partial charge in [-0.05, 0) is 85.1 Å². The molecule has 0 saturated carbocycles. The Morgan fingerprint density at radius 2 is 1.72 bits per heavy atom. The van der Waals surface area contributed by atoms with E-state index in [-0.39, 0.29) is 4.91 Å². The van der Waals surface area contributed by atoms with Gasteiger partial charge < -0.3 is 9.84 Å². The van der Waals surface area contributed by atoms with E-state index in [1.807, 2.05) is 24.3 Å². The third kappa shape index (κ3) is 5.50. The molecule has 2 amide bonds. The van der Waals surface area contributed by atoms with Crippen molar-refractivity contribution < 1.29 is 24.2 Å². The number of amides is 2. The average Bonchev–Trinajstić information content (AvgIpc) is 2.89. The highest BCUT2D eigenvalue weighted by atomic mass is 79.9. The van der Waals surface area contributed by atoms with Crippen molar-refractivity contribution in [1.82, 2.24) is 4.90 Å². The number of aliphatic carboxylic acids is 1. The van der Waals surface area contributed by atoms with E-state index in [0.29, 0.717) is 43.5 Å². The molecule has 1 aliphatic heterocycles. The number of rotatable bonds is 6. The highest BCUT2D eigenvalue weighted by molar-refractivity contribution is 9.11. The second-order valence-electron chi connectivity index (χ2n) is 5.89. The molecule has 10 heteroatoms. The van der Waals surface area contributed by atoms with Crippen LogP contribution in [0, 0.1) is 0 Å². The van der Waals surface area contributed by atoms with Gasteiger partial charge in [-0.25, -0.2) is 0 Å². The maximum Gasteiger partial charge on any atom is 0.323 e. The summed E-state index contributed by atoms with van der Waals surface area (Å²) in [5, 5.41) is 8.23. The number of ether oxygens (including phenoxy) is 1. The number of carbonyl (C=O) groups excluding carboxylic acids is 2. The first-order valence-corrected chi connectivity index (χ1v) is 11.3. The molecular formula is C19H12Br3NO5S. The van der Waals surface area contributed by atoms with Crippen molar-refractivity contribution in [2.45, 2.75) is 6.61 Å². The first-order chi connectivity index (χ1) is 13.7. The van der Waals surface area contributed by atoms with Crippen molar-refractivity contribution >= 4 is 82.7 Å². The number of nitrogens with zero attached hydrogens (tertiary/aromatic N) is 1. The lowest BCUT2D eigenvalue weighted by Crippen LogP contribution is -2.33. The maximum atomic E-state index is 12.3. The SMILES string of the molecule is O=C(O)CN1C(=O)S/C(=C/c2cc(Br)c(OCc3ccc(Br)cc3)c(Br)c2)C1=O. The van der Waals surface area contributed by atoms with Gasteiger partial charge in [0, 0.05) is 4.47 Å². The van der Waals surface area contributed by atoms with Gasteiger partial charge >= 0.3 is 5.97 Å². The van der Waals surface area contributed by atoms with Crippen LogP contribution in [0.4, 0.5) is 4.79 Å². The molecule has 1 aliphatic rings. The molecule has 1 N–H and O–H groups in total. The van der Waals surface area contributed by atoms with Crippen LogP contribution in [-0.4, -0.2) is 33.7 Å². The van der Waals surface area contributed by atoms with Gasteiger partial charge in [-0.15, -0.1) is 0 Å². The lowest BCUT2D eigenvalue weighted by Gasteiger charge is -2.12. The summed E-state index contributed by atoms with van der Waals surface area (Å²) in [6.45, 7) is -0.282. The largest absolute Gasteiger partial charge is 0.487 e. The fourth-order valence-corrected chi connectivity index (χ4v) is 5.01. The van der Waals surface area contributed by atoms with E-state index in [9.17, 15) is 14.4 Å². The summed E-state index contributed by atoms with van der Waals surface area (Å²) in [5.41, 5.74) is 1.66. The van der Waals surface area contributed by atoms with Gasteiger partial charge in [0.15, 0.2) is 0 Å². The summed E-state index contributed by atoms with van der Waals surface area (Å²) in [4.78, 5) is 35.8. The molecule has 0 aromatic heterocycles. The number of carboxylic acids is 1. The van der Waals surface area contributed by atoms with Gasteiger partial charge in [-0.2, -0.15) is 0 Å². The summed E-state index contributed by atoms with van der Waals surface area (Å²) in [5.74, 6) is -1.26. The Morgan fingerprint density at radius 1 is 1.10 bits per heavy atom. The van der Waals surface area contributed by atoms with Crippen LogP contribution in [0.25, 0.3) is 6.08 Å². The van der Waals surface area contributed by atoms with Crippen LogP contribution < -0.4 is 4.74 Å². The highest BCUT2D eigenvalue weighted by Crippen LogP contribution is 2.38. The Hall–Kier alpha value is -1.62. The van der Waals surface area contributed by atoms with Gasteiger partial charge in [0.05, 0.1) is 13.9 Å². The molecule has 1 heterocycles. The number of carbonyl (C=O) groups is 3. The Kier molecular flexibility index (Phi) is 7.20. The van der Waals surface area contributed by atoms with Gasteiger partial charge in [0.1, 0.15) is 18.9 Å². The monoisotopic (exact) mass is 603 g/mol. The first kappa shape index (κ1) is 22.1. The highest BCUT2D eigenvalue weighted by Gasteiger charge is 2.36. The Bertz CT molecular complexity index is 1000. The molecule has 1 saturated heterocycles. The van der Waals surface area contributed by atoms with E-state index < -0.39 is 23.7 Å². The maximum absolute atomic E-state index is 12.3. The van der Waals surface area contributed by atoms with Crippen molar-refractivity contribution in [2.75, 3.05) is 6.54 Å². The minimum Gasteiger partial charge on any atom is -0.487 e. The van der Waals surface area contributed by atoms with Crippen molar-refractivity contribution in [3.63, 3.8) is 0 Å². The number of imide groups is 1. The second-order valence-corrected chi connectivity index (χ2v) is 9.51. The molecule has 6 nitrogen and oxygen atoms in total. The molecule has 0 radical (unpaired) electrons. The molecule has 1 fully saturated rings. The third-order valence-electron chi connectivity index (χ3n) is 3.78. The van der Waals surface area contributed by atoms with E-state index in [0.717, 1.165) is 10.0 Å². The number of thioether (sulfide) groups is 1.